The Hall–Kier alpha value is -0.520. The summed E-state index contributed by atoms with van der Waals surface area (Å²) in [5, 5.41) is 4.99. The average Bonchev–Trinajstić information content (AvgIpc) is 2.53. The van der Waals surface area contributed by atoms with Gasteiger partial charge in [-0.05, 0) is 57.0 Å². The Morgan fingerprint density at radius 2 is 2.11 bits per heavy atom. The maximum atomic E-state index is 5.88. The van der Waals surface area contributed by atoms with Gasteiger partial charge in [0.2, 0.25) is 0 Å². The van der Waals surface area contributed by atoms with Crippen molar-refractivity contribution in [3.05, 3.63) is 43.6 Å². The lowest BCUT2D eigenvalue weighted by Gasteiger charge is -2.09. The molecule has 2 aromatic rings. The molecule has 1 heterocycles. The van der Waals surface area contributed by atoms with E-state index in [-0.39, 0.29) is 0 Å². The highest BCUT2D eigenvalue weighted by molar-refractivity contribution is 9.10. The lowest BCUT2D eigenvalue weighted by Crippen LogP contribution is -2.04. The second-order valence-corrected chi connectivity index (χ2v) is 5.92. The molecular weight excluding hydrogens is 383 g/mol. The standard InChI is InChI=1S/C12H11Br2ClN2O/c1-7-12(14)10(17(2)16-7)6-18-11-4-3-8(15)5-9(11)13/h3-5H,6H2,1-2H3. The third kappa shape index (κ3) is 2.90. The van der Waals surface area contributed by atoms with Gasteiger partial charge in [-0.1, -0.05) is 11.6 Å². The van der Waals surface area contributed by atoms with Crippen LogP contribution in [0.15, 0.2) is 27.1 Å². The number of nitrogens with zero attached hydrogens (tertiary/aromatic N) is 2. The number of hydrogen-bond acceptors (Lipinski definition) is 2. The summed E-state index contributed by atoms with van der Waals surface area (Å²) in [7, 11) is 1.90. The molecule has 0 aliphatic carbocycles. The van der Waals surface area contributed by atoms with Crippen molar-refractivity contribution >= 4 is 43.5 Å². The van der Waals surface area contributed by atoms with E-state index in [1.165, 1.54) is 0 Å². The molecule has 18 heavy (non-hydrogen) atoms. The minimum atomic E-state index is 0.443. The van der Waals surface area contributed by atoms with E-state index in [2.05, 4.69) is 37.0 Å². The van der Waals surface area contributed by atoms with Gasteiger partial charge in [-0.25, -0.2) is 0 Å². The van der Waals surface area contributed by atoms with Gasteiger partial charge < -0.3 is 4.74 Å². The molecular formula is C12H11Br2ClN2O. The van der Waals surface area contributed by atoms with Gasteiger partial charge in [0, 0.05) is 12.1 Å². The second kappa shape index (κ2) is 5.63. The van der Waals surface area contributed by atoms with Crippen LogP contribution in [0, 0.1) is 6.92 Å². The van der Waals surface area contributed by atoms with Crippen LogP contribution in [0.25, 0.3) is 0 Å². The van der Waals surface area contributed by atoms with Crippen LogP contribution in [-0.4, -0.2) is 9.78 Å². The van der Waals surface area contributed by atoms with Crippen molar-refractivity contribution < 1.29 is 4.74 Å². The van der Waals surface area contributed by atoms with Gasteiger partial charge in [0.15, 0.2) is 0 Å². The summed E-state index contributed by atoms with van der Waals surface area (Å²) >= 11 is 12.8. The second-order valence-electron chi connectivity index (χ2n) is 3.83. The maximum absolute atomic E-state index is 5.88. The summed E-state index contributed by atoms with van der Waals surface area (Å²) in [6, 6.07) is 5.44. The summed E-state index contributed by atoms with van der Waals surface area (Å²) in [6.45, 7) is 2.39. The van der Waals surface area contributed by atoms with Gasteiger partial charge in [0.05, 0.1) is 20.3 Å². The van der Waals surface area contributed by atoms with Crippen molar-refractivity contribution in [2.75, 3.05) is 0 Å². The third-order valence-electron chi connectivity index (χ3n) is 2.52. The average molecular weight is 394 g/mol. The van der Waals surface area contributed by atoms with Crippen molar-refractivity contribution in [3.63, 3.8) is 0 Å². The molecule has 0 spiro atoms. The molecule has 0 saturated carbocycles. The van der Waals surface area contributed by atoms with E-state index in [1.54, 1.807) is 12.1 Å². The lowest BCUT2D eigenvalue weighted by atomic mass is 10.3. The molecule has 0 atom stereocenters. The molecule has 1 aromatic heterocycles. The van der Waals surface area contributed by atoms with Crippen LogP contribution in [0.3, 0.4) is 0 Å². The van der Waals surface area contributed by atoms with E-state index in [4.69, 9.17) is 16.3 Å². The Morgan fingerprint density at radius 1 is 1.39 bits per heavy atom. The van der Waals surface area contributed by atoms with Crippen molar-refractivity contribution in [3.8, 4) is 5.75 Å². The predicted octanol–water partition coefficient (Wildman–Crippen LogP) is 4.49. The fraction of sp³-hybridized carbons (Fsp3) is 0.250. The number of hydrogen-bond donors (Lipinski definition) is 0. The molecule has 0 bridgehead atoms. The molecule has 2 rings (SSSR count). The largest absolute Gasteiger partial charge is 0.486 e. The number of halogens is 3. The monoisotopic (exact) mass is 392 g/mol. The van der Waals surface area contributed by atoms with Crippen LogP contribution in [0.4, 0.5) is 0 Å². The first-order chi connectivity index (χ1) is 8.49. The van der Waals surface area contributed by atoms with E-state index < -0.39 is 0 Å². The van der Waals surface area contributed by atoms with E-state index in [1.807, 2.05) is 24.7 Å². The van der Waals surface area contributed by atoms with Gasteiger partial charge >= 0.3 is 0 Å². The summed E-state index contributed by atoms with van der Waals surface area (Å²) in [6.07, 6.45) is 0. The van der Waals surface area contributed by atoms with Crippen LogP contribution in [-0.2, 0) is 13.7 Å². The Balaban J connectivity index is 2.16. The van der Waals surface area contributed by atoms with E-state index >= 15 is 0 Å². The minimum Gasteiger partial charge on any atom is -0.486 e. The highest BCUT2D eigenvalue weighted by atomic mass is 79.9. The first-order valence-electron chi connectivity index (χ1n) is 5.25. The van der Waals surface area contributed by atoms with Gasteiger partial charge in [-0.3, -0.25) is 4.68 Å². The van der Waals surface area contributed by atoms with Crippen molar-refractivity contribution in [2.45, 2.75) is 13.5 Å². The van der Waals surface area contributed by atoms with Gasteiger partial charge in [-0.2, -0.15) is 5.10 Å². The molecule has 0 aliphatic rings. The maximum Gasteiger partial charge on any atom is 0.134 e. The molecule has 0 N–H and O–H groups in total. The Bertz CT molecular complexity index is 584. The topological polar surface area (TPSA) is 27.1 Å². The van der Waals surface area contributed by atoms with Crippen molar-refractivity contribution in [1.29, 1.82) is 0 Å². The molecule has 1 aromatic carbocycles. The molecule has 0 saturated heterocycles. The number of rotatable bonds is 3. The highest BCUT2D eigenvalue weighted by Crippen LogP contribution is 2.29. The highest BCUT2D eigenvalue weighted by Gasteiger charge is 2.12. The molecule has 0 fully saturated rings. The Labute approximate surface area is 127 Å². The lowest BCUT2D eigenvalue weighted by molar-refractivity contribution is 0.292. The van der Waals surface area contributed by atoms with Crippen LogP contribution < -0.4 is 4.74 Å². The van der Waals surface area contributed by atoms with Crippen LogP contribution >= 0.6 is 43.5 Å². The van der Waals surface area contributed by atoms with Crippen LogP contribution in [0.2, 0.25) is 5.02 Å². The SMILES string of the molecule is Cc1nn(C)c(COc2ccc(Cl)cc2Br)c1Br. The Kier molecular flexibility index (Phi) is 4.35. The van der Waals surface area contributed by atoms with Crippen molar-refractivity contribution in [2.24, 2.45) is 7.05 Å². The zero-order valence-corrected chi connectivity index (χ0v) is 13.8. The minimum absolute atomic E-state index is 0.443. The summed E-state index contributed by atoms with van der Waals surface area (Å²) in [5.74, 6) is 0.755. The molecule has 0 unspecified atom stereocenters. The summed E-state index contributed by atoms with van der Waals surface area (Å²) in [5.41, 5.74) is 1.95. The predicted molar refractivity (Wildman–Crippen MR) is 79.1 cm³/mol. The molecule has 0 aliphatic heterocycles. The van der Waals surface area contributed by atoms with Gasteiger partial charge in [-0.15, -0.1) is 0 Å². The Morgan fingerprint density at radius 3 is 2.67 bits per heavy atom. The zero-order chi connectivity index (χ0) is 13.3. The quantitative estimate of drug-likeness (QED) is 0.767. The first kappa shape index (κ1) is 13.9. The van der Waals surface area contributed by atoms with Gasteiger partial charge in [0.25, 0.3) is 0 Å². The van der Waals surface area contributed by atoms with Gasteiger partial charge in [0.1, 0.15) is 12.4 Å². The summed E-state index contributed by atoms with van der Waals surface area (Å²) < 4.78 is 9.38. The zero-order valence-electron chi connectivity index (χ0n) is 9.88. The smallest absolute Gasteiger partial charge is 0.134 e. The number of aromatic nitrogens is 2. The van der Waals surface area contributed by atoms with E-state index in [9.17, 15) is 0 Å². The summed E-state index contributed by atoms with van der Waals surface area (Å²) in [4.78, 5) is 0. The molecule has 6 heteroatoms. The third-order valence-corrected chi connectivity index (χ3v) is 4.41. The molecule has 3 nitrogen and oxygen atoms in total. The first-order valence-corrected chi connectivity index (χ1v) is 7.21. The molecule has 0 radical (unpaired) electrons. The van der Waals surface area contributed by atoms with E-state index in [0.717, 1.165) is 26.1 Å². The van der Waals surface area contributed by atoms with Crippen molar-refractivity contribution in [1.82, 2.24) is 9.78 Å². The fourth-order valence-electron chi connectivity index (χ4n) is 1.58. The fourth-order valence-corrected chi connectivity index (χ4v) is 2.82. The van der Waals surface area contributed by atoms with Crippen LogP contribution in [0.5, 0.6) is 5.75 Å². The number of ether oxygens (including phenoxy) is 1. The number of aryl methyl sites for hydroxylation is 2. The normalized spacial score (nSPS) is 10.7. The van der Waals surface area contributed by atoms with Crippen LogP contribution in [0.1, 0.15) is 11.4 Å². The molecule has 0 amide bonds. The number of benzene rings is 1. The molecule has 96 valence electrons. The van der Waals surface area contributed by atoms with E-state index in [0.29, 0.717) is 11.6 Å².